The Hall–Kier alpha value is -0.490. The standard InChI is InChI=1S/C6H12N2O2S2/c1-6(2,3)10-5(9)7-4(11)8-12/h12H,1-3H3,(H2,7,8,9,11). The van der Waals surface area contributed by atoms with Crippen LogP contribution in [0.4, 0.5) is 4.79 Å². The third-order valence-electron chi connectivity index (χ3n) is 0.716. The van der Waals surface area contributed by atoms with Crippen LogP contribution in [0.3, 0.4) is 0 Å². The van der Waals surface area contributed by atoms with Crippen LogP contribution in [0.5, 0.6) is 0 Å². The third kappa shape index (κ3) is 6.23. The zero-order chi connectivity index (χ0) is 9.78. The fourth-order valence-corrected chi connectivity index (χ4v) is 0.563. The number of amides is 1. The highest BCUT2D eigenvalue weighted by Crippen LogP contribution is 2.06. The number of hydrogen-bond acceptors (Lipinski definition) is 4. The average Bonchev–Trinajstić information content (AvgIpc) is 1.82. The molecule has 0 aliphatic heterocycles. The van der Waals surface area contributed by atoms with Gasteiger partial charge >= 0.3 is 6.09 Å². The lowest BCUT2D eigenvalue weighted by Gasteiger charge is -2.19. The van der Waals surface area contributed by atoms with Gasteiger partial charge in [0.1, 0.15) is 5.60 Å². The van der Waals surface area contributed by atoms with Crippen molar-refractivity contribution in [3.05, 3.63) is 0 Å². The topological polar surface area (TPSA) is 50.4 Å². The van der Waals surface area contributed by atoms with Crippen LogP contribution in [0.25, 0.3) is 0 Å². The Morgan fingerprint density at radius 1 is 1.50 bits per heavy atom. The molecule has 0 aromatic carbocycles. The zero-order valence-electron chi connectivity index (χ0n) is 7.17. The molecule has 6 heteroatoms. The molecule has 0 unspecified atom stereocenters. The quantitative estimate of drug-likeness (QED) is 0.414. The summed E-state index contributed by atoms with van der Waals surface area (Å²) in [6, 6.07) is 0. The van der Waals surface area contributed by atoms with E-state index in [1.54, 1.807) is 20.8 Å². The fraction of sp³-hybridized carbons (Fsp3) is 0.667. The van der Waals surface area contributed by atoms with Gasteiger partial charge in [0.2, 0.25) is 0 Å². The summed E-state index contributed by atoms with van der Waals surface area (Å²) in [5.74, 6) is 0. The van der Waals surface area contributed by atoms with Crippen molar-refractivity contribution in [2.24, 2.45) is 0 Å². The molecular weight excluding hydrogens is 196 g/mol. The van der Waals surface area contributed by atoms with Crippen molar-refractivity contribution in [1.29, 1.82) is 0 Å². The summed E-state index contributed by atoms with van der Waals surface area (Å²) in [4.78, 5) is 10.9. The van der Waals surface area contributed by atoms with E-state index in [-0.39, 0.29) is 5.11 Å². The van der Waals surface area contributed by atoms with Crippen LogP contribution in [0, 0.1) is 0 Å². The second kappa shape index (κ2) is 4.51. The first-order chi connectivity index (χ1) is 5.35. The Balaban J connectivity index is 3.83. The summed E-state index contributed by atoms with van der Waals surface area (Å²) in [5.41, 5.74) is -0.518. The molecule has 0 aromatic heterocycles. The van der Waals surface area contributed by atoms with Crippen molar-refractivity contribution in [1.82, 2.24) is 10.0 Å². The van der Waals surface area contributed by atoms with E-state index in [0.717, 1.165) is 0 Å². The molecule has 1 amide bonds. The molecule has 0 saturated carbocycles. The largest absolute Gasteiger partial charge is 0.444 e. The molecule has 0 aliphatic rings. The first-order valence-corrected chi connectivity index (χ1v) is 4.15. The number of nitrogens with one attached hydrogen (secondary N) is 2. The number of thiol groups is 1. The molecule has 0 rings (SSSR count). The van der Waals surface area contributed by atoms with Crippen molar-refractivity contribution in [3.63, 3.8) is 0 Å². The van der Waals surface area contributed by atoms with Gasteiger partial charge in [-0.3, -0.25) is 5.32 Å². The molecule has 0 heterocycles. The fourth-order valence-electron chi connectivity index (χ4n) is 0.424. The van der Waals surface area contributed by atoms with Crippen LogP contribution in [0.2, 0.25) is 0 Å². The van der Waals surface area contributed by atoms with Gasteiger partial charge in [-0.2, -0.15) is 0 Å². The Labute approximate surface area is 82.6 Å². The molecule has 0 aliphatic carbocycles. The van der Waals surface area contributed by atoms with Gasteiger partial charge in [0.25, 0.3) is 0 Å². The minimum atomic E-state index is -0.589. The number of ether oxygens (including phenoxy) is 1. The highest BCUT2D eigenvalue weighted by Gasteiger charge is 2.16. The smallest absolute Gasteiger partial charge is 0.413 e. The van der Waals surface area contributed by atoms with Crippen LogP contribution < -0.4 is 10.0 Å². The summed E-state index contributed by atoms with van der Waals surface area (Å²) in [7, 11) is 0. The van der Waals surface area contributed by atoms with Crippen LogP contribution in [0.1, 0.15) is 20.8 Å². The molecule has 12 heavy (non-hydrogen) atoms. The molecule has 4 nitrogen and oxygen atoms in total. The second-order valence-electron chi connectivity index (χ2n) is 3.07. The lowest BCUT2D eigenvalue weighted by molar-refractivity contribution is 0.0563. The Bertz CT molecular complexity index is 188. The number of carbonyl (C=O) groups is 1. The maximum Gasteiger partial charge on any atom is 0.413 e. The summed E-state index contributed by atoms with van der Waals surface area (Å²) < 4.78 is 7.19. The molecular formula is C6H12N2O2S2. The third-order valence-corrected chi connectivity index (χ3v) is 1.30. The molecule has 0 saturated heterocycles. The molecule has 70 valence electrons. The van der Waals surface area contributed by atoms with E-state index in [4.69, 9.17) is 4.74 Å². The van der Waals surface area contributed by atoms with Crippen LogP contribution >= 0.6 is 25.0 Å². The maximum absolute atomic E-state index is 10.9. The van der Waals surface area contributed by atoms with E-state index in [1.165, 1.54) is 0 Å². The van der Waals surface area contributed by atoms with Crippen LogP contribution in [-0.2, 0) is 4.74 Å². The van der Waals surface area contributed by atoms with Crippen molar-refractivity contribution in [3.8, 4) is 0 Å². The molecule has 0 spiro atoms. The summed E-state index contributed by atoms with van der Waals surface area (Å²) in [5, 5.41) is 2.39. The Morgan fingerprint density at radius 3 is 2.33 bits per heavy atom. The van der Waals surface area contributed by atoms with Gasteiger partial charge in [0, 0.05) is 0 Å². The normalized spacial score (nSPS) is 10.3. The molecule has 0 fully saturated rings. The van der Waals surface area contributed by atoms with E-state index in [2.05, 4.69) is 35.1 Å². The van der Waals surface area contributed by atoms with E-state index >= 15 is 0 Å². The SMILES string of the molecule is CC(C)(C)OC(=O)NC(=S)NS. The summed E-state index contributed by atoms with van der Waals surface area (Å²) in [6.07, 6.45) is -0.589. The lowest BCUT2D eigenvalue weighted by atomic mass is 10.2. The molecule has 0 aromatic rings. The Kier molecular flexibility index (Phi) is 4.33. The van der Waals surface area contributed by atoms with Gasteiger partial charge in [-0.25, -0.2) is 4.79 Å². The summed E-state index contributed by atoms with van der Waals surface area (Å²) in [6.45, 7) is 5.30. The molecule has 0 bridgehead atoms. The predicted molar refractivity (Wildman–Crippen MR) is 54.1 cm³/mol. The lowest BCUT2D eigenvalue weighted by Crippen LogP contribution is -2.39. The first kappa shape index (κ1) is 11.5. The molecule has 0 atom stereocenters. The van der Waals surface area contributed by atoms with Crippen molar-refractivity contribution in [2.45, 2.75) is 26.4 Å². The van der Waals surface area contributed by atoms with Gasteiger partial charge < -0.3 is 9.46 Å². The first-order valence-electron chi connectivity index (χ1n) is 3.29. The number of thiocarbonyl (C=S) groups is 1. The van der Waals surface area contributed by atoms with Crippen molar-refractivity contribution < 1.29 is 9.53 Å². The van der Waals surface area contributed by atoms with E-state index < -0.39 is 11.7 Å². The number of hydrogen-bond donors (Lipinski definition) is 3. The van der Waals surface area contributed by atoms with E-state index in [1.807, 2.05) is 0 Å². The molecule has 2 N–H and O–H groups in total. The van der Waals surface area contributed by atoms with Crippen molar-refractivity contribution >= 4 is 36.2 Å². The predicted octanol–water partition coefficient (Wildman–Crippen LogP) is 1.23. The van der Waals surface area contributed by atoms with Gasteiger partial charge in [-0.05, 0) is 33.0 Å². The highest BCUT2D eigenvalue weighted by atomic mass is 32.1. The second-order valence-corrected chi connectivity index (χ2v) is 3.70. The van der Waals surface area contributed by atoms with E-state index in [0.29, 0.717) is 0 Å². The van der Waals surface area contributed by atoms with Crippen LogP contribution in [-0.4, -0.2) is 16.8 Å². The maximum atomic E-state index is 10.9. The minimum absolute atomic E-state index is 0.118. The zero-order valence-corrected chi connectivity index (χ0v) is 8.88. The molecule has 0 radical (unpaired) electrons. The van der Waals surface area contributed by atoms with Gasteiger partial charge in [0.05, 0.1) is 0 Å². The number of carbonyl (C=O) groups excluding carboxylic acids is 1. The summed E-state index contributed by atoms with van der Waals surface area (Å²) >= 11 is 8.26. The Morgan fingerprint density at radius 2 is 2.00 bits per heavy atom. The van der Waals surface area contributed by atoms with Gasteiger partial charge in [-0.1, -0.05) is 12.8 Å². The van der Waals surface area contributed by atoms with E-state index in [9.17, 15) is 4.79 Å². The number of rotatable bonds is 0. The van der Waals surface area contributed by atoms with Gasteiger partial charge in [0.15, 0.2) is 5.11 Å². The monoisotopic (exact) mass is 208 g/mol. The highest BCUT2D eigenvalue weighted by molar-refractivity contribution is 7.84. The number of alkyl carbamates (subject to hydrolysis) is 1. The average molecular weight is 208 g/mol. The van der Waals surface area contributed by atoms with Crippen LogP contribution in [0.15, 0.2) is 0 Å². The van der Waals surface area contributed by atoms with Crippen molar-refractivity contribution in [2.75, 3.05) is 0 Å². The van der Waals surface area contributed by atoms with Gasteiger partial charge in [-0.15, -0.1) is 0 Å². The minimum Gasteiger partial charge on any atom is -0.444 e.